The predicted octanol–water partition coefficient (Wildman–Crippen LogP) is 1.25. The van der Waals surface area contributed by atoms with Crippen LogP contribution in [0, 0.1) is 0 Å². The van der Waals surface area contributed by atoms with Gasteiger partial charge < -0.3 is 15.4 Å². The monoisotopic (exact) mass is 326 g/mol. The summed E-state index contributed by atoms with van der Waals surface area (Å²) in [5, 5.41) is 4.64. The molecule has 112 valence electrons. The maximum Gasteiger partial charge on any atom is 0.277 e. The molecule has 21 heavy (non-hydrogen) atoms. The quantitative estimate of drug-likeness (QED) is 0.494. The third-order valence-electron chi connectivity index (χ3n) is 2.88. The van der Waals surface area contributed by atoms with Crippen LogP contribution in [-0.4, -0.2) is 47.8 Å². The zero-order valence-electron chi connectivity index (χ0n) is 11.2. The number of hydrazone groups is 1. The molecule has 1 aliphatic rings. The smallest absolute Gasteiger partial charge is 0.277 e. The number of morpholine rings is 1. The molecule has 1 amide bonds. The first-order chi connectivity index (χ1) is 10.1. The van der Waals surface area contributed by atoms with Gasteiger partial charge in [0.25, 0.3) is 5.91 Å². The van der Waals surface area contributed by atoms with Crippen molar-refractivity contribution in [2.75, 3.05) is 31.7 Å². The second-order valence-corrected chi connectivity index (χ2v) is 5.22. The first kappa shape index (κ1) is 15.7. The van der Waals surface area contributed by atoms with E-state index in [9.17, 15) is 4.79 Å². The van der Waals surface area contributed by atoms with Crippen molar-refractivity contribution in [3.05, 3.63) is 29.3 Å². The SMILES string of the molecule is NC(=S)/C(=N\Nc1ccc(Cl)cc1)C(=O)N1CCOCC1. The highest BCUT2D eigenvalue weighted by Gasteiger charge is 2.23. The molecule has 0 saturated carbocycles. The van der Waals surface area contributed by atoms with E-state index in [2.05, 4.69) is 10.5 Å². The lowest BCUT2D eigenvalue weighted by Crippen LogP contribution is -2.47. The van der Waals surface area contributed by atoms with E-state index in [1.807, 2.05) is 0 Å². The second-order valence-electron chi connectivity index (χ2n) is 4.35. The highest BCUT2D eigenvalue weighted by molar-refractivity contribution is 7.82. The van der Waals surface area contributed by atoms with Crippen LogP contribution >= 0.6 is 23.8 Å². The average molecular weight is 327 g/mol. The third-order valence-corrected chi connectivity index (χ3v) is 3.32. The number of amides is 1. The minimum absolute atomic E-state index is 0.0295. The molecule has 0 atom stereocenters. The van der Waals surface area contributed by atoms with Gasteiger partial charge in [0.1, 0.15) is 4.99 Å². The fourth-order valence-electron chi connectivity index (χ4n) is 1.77. The fraction of sp³-hybridized carbons (Fsp3) is 0.308. The number of rotatable bonds is 4. The molecule has 0 radical (unpaired) electrons. The van der Waals surface area contributed by atoms with Crippen LogP contribution in [0.4, 0.5) is 5.69 Å². The van der Waals surface area contributed by atoms with Crippen molar-refractivity contribution in [3.8, 4) is 0 Å². The molecule has 1 saturated heterocycles. The Morgan fingerprint density at radius 3 is 2.52 bits per heavy atom. The number of nitrogens with zero attached hydrogens (tertiary/aromatic N) is 2. The maximum atomic E-state index is 12.3. The van der Waals surface area contributed by atoms with E-state index < -0.39 is 0 Å². The van der Waals surface area contributed by atoms with Gasteiger partial charge in [-0.2, -0.15) is 5.10 Å². The molecule has 1 aromatic rings. The first-order valence-corrected chi connectivity index (χ1v) is 7.12. The average Bonchev–Trinajstić information content (AvgIpc) is 2.49. The predicted molar refractivity (Wildman–Crippen MR) is 86.7 cm³/mol. The molecule has 0 aromatic heterocycles. The summed E-state index contributed by atoms with van der Waals surface area (Å²) in [6.07, 6.45) is 0. The number of carbonyl (C=O) groups excluding carboxylic acids is 1. The van der Waals surface area contributed by atoms with E-state index in [1.54, 1.807) is 29.2 Å². The lowest BCUT2D eigenvalue weighted by molar-refractivity contribution is -0.127. The molecule has 1 aliphatic heterocycles. The molecular formula is C13H15ClN4O2S. The van der Waals surface area contributed by atoms with Crippen molar-refractivity contribution < 1.29 is 9.53 Å². The molecule has 8 heteroatoms. The van der Waals surface area contributed by atoms with E-state index in [4.69, 9.17) is 34.3 Å². The largest absolute Gasteiger partial charge is 0.388 e. The minimum atomic E-state index is -0.299. The molecule has 1 heterocycles. The van der Waals surface area contributed by atoms with Crippen molar-refractivity contribution >= 4 is 46.1 Å². The van der Waals surface area contributed by atoms with Gasteiger partial charge in [0.15, 0.2) is 5.71 Å². The summed E-state index contributed by atoms with van der Waals surface area (Å²) in [4.78, 5) is 13.9. The van der Waals surface area contributed by atoms with E-state index in [-0.39, 0.29) is 16.6 Å². The highest BCUT2D eigenvalue weighted by atomic mass is 35.5. The van der Waals surface area contributed by atoms with E-state index in [0.29, 0.717) is 37.0 Å². The van der Waals surface area contributed by atoms with Crippen LogP contribution in [-0.2, 0) is 9.53 Å². The van der Waals surface area contributed by atoms with Crippen molar-refractivity contribution in [3.63, 3.8) is 0 Å². The van der Waals surface area contributed by atoms with Gasteiger partial charge in [-0.3, -0.25) is 10.2 Å². The van der Waals surface area contributed by atoms with Crippen LogP contribution in [0.15, 0.2) is 29.4 Å². The zero-order valence-corrected chi connectivity index (χ0v) is 12.8. The third kappa shape index (κ3) is 4.38. The van der Waals surface area contributed by atoms with Gasteiger partial charge in [0.05, 0.1) is 18.9 Å². The van der Waals surface area contributed by atoms with E-state index in [0.717, 1.165) is 0 Å². The van der Waals surface area contributed by atoms with Gasteiger partial charge >= 0.3 is 0 Å². The highest BCUT2D eigenvalue weighted by Crippen LogP contribution is 2.13. The number of thiocarbonyl (C=S) groups is 1. The number of benzene rings is 1. The number of nitrogens with two attached hydrogens (primary N) is 1. The first-order valence-electron chi connectivity index (χ1n) is 6.34. The Morgan fingerprint density at radius 1 is 1.33 bits per heavy atom. The summed E-state index contributed by atoms with van der Waals surface area (Å²) in [5.41, 5.74) is 9.06. The standard InChI is InChI=1S/C13H15ClN4O2S/c14-9-1-3-10(4-2-9)16-17-11(12(15)21)13(19)18-5-7-20-8-6-18/h1-4,16H,5-8H2,(H2,15,21)/b17-11+. The number of nitrogens with one attached hydrogen (secondary N) is 1. The van der Waals surface area contributed by atoms with Crippen molar-refractivity contribution in [1.82, 2.24) is 4.90 Å². The molecule has 0 unspecified atom stereocenters. The molecule has 6 nitrogen and oxygen atoms in total. The summed E-state index contributed by atoms with van der Waals surface area (Å²) in [7, 11) is 0. The van der Waals surface area contributed by atoms with Gasteiger partial charge in [-0.25, -0.2) is 0 Å². The van der Waals surface area contributed by atoms with Crippen LogP contribution in [0.3, 0.4) is 0 Å². The molecule has 3 N–H and O–H groups in total. The summed E-state index contributed by atoms with van der Waals surface area (Å²) in [5.74, 6) is -0.299. The molecule has 2 rings (SSSR count). The van der Waals surface area contributed by atoms with Crippen molar-refractivity contribution in [2.45, 2.75) is 0 Å². The summed E-state index contributed by atoms with van der Waals surface area (Å²) >= 11 is 10.7. The lowest BCUT2D eigenvalue weighted by Gasteiger charge is -2.26. The van der Waals surface area contributed by atoms with E-state index in [1.165, 1.54) is 0 Å². The van der Waals surface area contributed by atoms with Crippen LogP contribution in [0.1, 0.15) is 0 Å². The van der Waals surface area contributed by atoms with Crippen molar-refractivity contribution in [2.24, 2.45) is 10.8 Å². The topological polar surface area (TPSA) is 79.9 Å². The van der Waals surface area contributed by atoms with Crippen LogP contribution in [0.2, 0.25) is 5.02 Å². The van der Waals surface area contributed by atoms with Crippen LogP contribution in [0.5, 0.6) is 0 Å². The maximum absolute atomic E-state index is 12.3. The van der Waals surface area contributed by atoms with Crippen LogP contribution in [0.25, 0.3) is 0 Å². The molecule has 0 aliphatic carbocycles. The Labute approximate surface area is 132 Å². The minimum Gasteiger partial charge on any atom is -0.388 e. The Hall–Kier alpha value is -1.70. The van der Waals surface area contributed by atoms with E-state index >= 15 is 0 Å². The van der Waals surface area contributed by atoms with Crippen LogP contribution < -0.4 is 11.2 Å². The number of anilines is 1. The van der Waals surface area contributed by atoms with Crippen molar-refractivity contribution in [1.29, 1.82) is 0 Å². The van der Waals surface area contributed by atoms with Gasteiger partial charge in [-0.05, 0) is 24.3 Å². The number of ether oxygens (including phenoxy) is 1. The molecule has 0 bridgehead atoms. The number of carbonyl (C=O) groups is 1. The zero-order chi connectivity index (χ0) is 15.2. The number of halogens is 1. The summed E-state index contributed by atoms with van der Waals surface area (Å²) in [6.45, 7) is 2.00. The second kappa shape index (κ2) is 7.35. The van der Waals surface area contributed by atoms with Gasteiger partial charge in [0.2, 0.25) is 0 Å². The molecular weight excluding hydrogens is 312 g/mol. The normalized spacial score (nSPS) is 15.7. The number of hydrogen-bond acceptors (Lipinski definition) is 5. The molecule has 1 aromatic carbocycles. The Kier molecular flexibility index (Phi) is 5.49. The van der Waals surface area contributed by atoms with Gasteiger partial charge in [0, 0.05) is 18.1 Å². The summed E-state index contributed by atoms with van der Waals surface area (Å²) < 4.78 is 5.20. The van der Waals surface area contributed by atoms with Gasteiger partial charge in [-0.15, -0.1) is 0 Å². The molecule has 0 spiro atoms. The lowest BCUT2D eigenvalue weighted by atomic mass is 10.3. The Morgan fingerprint density at radius 2 is 1.95 bits per heavy atom. The van der Waals surface area contributed by atoms with Gasteiger partial charge in [-0.1, -0.05) is 23.8 Å². The summed E-state index contributed by atoms with van der Waals surface area (Å²) in [6, 6.07) is 6.90. The Bertz CT molecular complexity index is 556. The molecule has 1 fully saturated rings. The number of hydrogen-bond donors (Lipinski definition) is 2. The Balaban J connectivity index is 2.10. The fourth-order valence-corrected chi connectivity index (χ4v) is 2.03.